The molecule has 0 aliphatic heterocycles. The number of pyridine rings is 1. The van der Waals surface area contributed by atoms with Gasteiger partial charge in [-0.15, -0.1) is 6.58 Å². The maximum Gasteiger partial charge on any atom is 0.170 e. The normalized spacial score (nSPS) is 22.5. The van der Waals surface area contributed by atoms with E-state index in [0.717, 1.165) is 5.56 Å². The van der Waals surface area contributed by atoms with Crippen LogP contribution in [0.3, 0.4) is 0 Å². The van der Waals surface area contributed by atoms with Crippen molar-refractivity contribution in [1.82, 2.24) is 14.8 Å². The van der Waals surface area contributed by atoms with Gasteiger partial charge in [0.1, 0.15) is 5.82 Å². The Morgan fingerprint density at radius 3 is 2.48 bits per heavy atom. The molecule has 0 saturated heterocycles. The smallest absolute Gasteiger partial charge is 0.170 e. The van der Waals surface area contributed by atoms with E-state index in [0.29, 0.717) is 48.3 Å². The Balaban J connectivity index is 1.49. The van der Waals surface area contributed by atoms with E-state index < -0.39 is 11.0 Å². The summed E-state index contributed by atoms with van der Waals surface area (Å²) in [5.74, 6) is -0.433. The summed E-state index contributed by atoms with van der Waals surface area (Å²) in [6.07, 6.45) is 6.79. The number of hydrogen-bond donors (Lipinski definition) is 1. The SMILES string of the molecule is C=CC1(O)CCC(C#N)(c2ccc(CC(=O)c3cnn(-c4ccc(F)cc4)c3C)cn2)CC1. The number of rotatable bonds is 6. The van der Waals surface area contributed by atoms with Crippen LogP contribution < -0.4 is 0 Å². The number of carbonyl (C=O) groups is 1. The topological polar surface area (TPSA) is 91.8 Å². The van der Waals surface area contributed by atoms with Crippen LogP contribution in [0.4, 0.5) is 4.39 Å². The zero-order chi connectivity index (χ0) is 23.6. The first-order valence-electron chi connectivity index (χ1n) is 10.9. The van der Waals surface area contributed by atoms with Gasteiger partial charge in [0.2, 0.25) is 0 Å². The van der Waals surface area contributed by atoms with Gasteiger partial charge in [-0.05, 0) is 68.5 Å². The summed E-state index contributed by atoms with van der Waals surface area (Å²) < 4.78 is 14.8. The van der Waals surface area contributed by atoms with Gasteiger partial charge in [-0.1, -0.05) is 12.1 Å². The molecule has 1 fully saturated rings. The van der Waals surface area contributed by atoms with E-state index in [-0.39, 0.29) is 18.0 Å². The summed E-state index contributed by atoms with van der Waals surface area (Å²) >= 11 is 0. The van der Waals surface area contributed by atoms with Crippen molar-refractivity contribution in [2.75, 3.05) is 0 Å². The molecule has 1 N–H and O–H groups in total. The number of hydrogen-bond acceptors (Lipinski definition) is 5. The Bertz CT molecular complexity index is 1210. The minimum absolute atomic E-state index is 0.0980. The minimum atomic E-state index is -0.928. The third-order valence-electron chi connectivity index (χ3n) is 6.62. The first-order valence-corrected chi connectivity index (χ1v) is 10.9. The molecule has 6 nitrogen and oxygen atoms in total. The van der Waals surface area contributed by atoms with Crippen LogP contribution >= 0.6 is 0 Å². The Kier molecular flexibility index (Phi) is 5.96. The van der Waals surface area contributed by atoms with Gasteiger partial charge in [0.15, 0.2) is 5.78 Å². The molecule has 7 heteroatoms. The molecule has 0 unspecified atom stereocenters. The highest BCUT2D eigenvalue weighted by molar-refractivity contribution is 5.98. The molecule has 4 rings (SSSR count). The van der Waals surface area contributed by atoms with Gasteiger partial charge in [0, 0.05) is 12.6 Å². The summed E-state index contributed by atoms with van der Waals surface area (Å²) in [7, 11) is 0. The molecule has 1 aromatic carbocycles. The highest BCUT2D eigenvalue weighted by atomic mass is 19.1. The number of aromatic nitrogens is 3. The van der Waals surface area contributed by atoms with Crippen LogP contribution in [-0.2, 0) is 11.8 Å². The van der Waals surface area contributed by atoms with Crippen molar-refractivity contribution in [3.63, 3.8) is 0 Å². The number of ketones is 1. The van der Waals surface area contributed by atoms with Gasteiger partial charge in [0.25, 0.3) is 0 Å². The van der Waals surface area contributed by atoms with E-state index in [1.165, 1.54) is 18.3 Å². The Hall–Kier alpha value is -3.63. The van der Waals surface area contributed by atoms with Gasteiger partial charge in [-0.25, -0.2) is 9.07 Å². The fourth-order valence-corrected chi connectivity index (χ4v) is 4.36. The van der Waals surface area contributed by atoms with E-state index in [1.807, 2.05) is 6.07 Å². The van der Waals surface area contributed by atoms with Crippen LogP contribution in [0.25, 0.3) is 5.69 Å². The number of nitriles is 1. The molecule has 0 amide bonds. The fourth-order valence-electron chi connectivity index (χ4n) is 4.36. The summed E-state index contributed by atoms with van der Waals surface area (Å²) in [5.41, 5.74) is 1.57. The fraction of sp³-hybridized carbons (Fsp3) is 0.308. The maximum atomic E-state index is 13.2. The van der Waals surface area contributed by atoms with Gasteiger partial charge in [0.05, 0.1) is 45.9 Å². The number of halogens is 1. The number of aliphatic hydroxyl groups is 1. The van der Waals surface area contributed by atoms with Crippen molar-refractivity contribution in [3.8, 4) is 11.8 Å². The molecule has 168 valence electrons. The van der Waals surface area contributed by atoms with Crippen LogP contribution in [0, 0.1) is 24.1 Å². The van der Waals surface area contributed by atoms with E-state index >= 15 is 0 Å². The second-order valence-electron chi connectivity index (χ2n) is 8.69. The van der Waals surface area contributed by atoms with Gasteiger partial charge in [-0.2, -0.15) is 10.4 Å². The summed E-state index contributed by atoms with van der Waals surface area (Å²) in [6.45, 7) is 5.49. The molecule has 1 aliphatic carbocycles. The van der Waals surface area contributed by atoms with Gasteiger partial charge < -0.3 is 5.11 Å². The standard InChI is InChI=1S/C26H25FN4O2/c1-3-26(33)12-10-25(17-28,11-13-26)24-9-4-19(15-29-24)14-23(32)22-16-30-31(18(22)2)21-7-5-20(27)6-8-21/h3-9,15-16,33H,1,10-14H2,2H3. The lowest BCUT2D eigenvalue weighted by molar-refractivity contribution is 0.0354. The zero-order valence-corrected chi connectivity index (χ0v) is 18.5. The second-order valence-corrected chi connectivity index (χ2v) is 8.69. The third kappa shape index (κ3) is 4.35. The zero-order valence-electron chi connectivity index (χ0n) is 18.5. The second kappa shape index (κ2) is 8.72. The first-order chi connectivity index (χ1) is 15.8. The molecule has 1 aliphatic rings. The molecular weight excluding hydrogens is 419 g/mol. The molecule has 0 spiro atoms. The Labute approximate surface area is 192 Å². The van der Waals surface area contributed by atoms with Gasteiger partial charge in [-0.3, -0.25) is 9.78 Å². The van der Waals surface area contributed by atoms with Gasteiger partial charge >= 0.3 is 0 Å². The van der Waals surface area contributed by atoms with Crippen molar-refractivity contribution in [3.05, 3.63) is 89.8 Å². The maximum absolute atomic E-state index is 13.2. The molecule has 1 saturated carbocycles. The lowest BCUT2D eigenvalue weighted by Gasteiger charge is -2.38. The third-order valence-corrected chi connectivity index (χ3v) is 6.62. The molecule has 33 heavy (non-hydrogen) atoms. The van der Waals surface area contributed by atoms with Crippen molar-refractivity contribution >= 4 is 5.78 Å². The Morgan fingerprint density at radius 1 is 1.21 bits per heavy atom. The summed E-state index contributed by atoms with van der Waals surface area (Å²) in [6, 6.07) is 12.0. The average Bonchev–Trinajstić information content (AvgIpc) is 3.22. The van der Waals surface area contributed by atoms with Crippen LogP contribution in [0.1, 0.15) is 53.0 Å². The number of carbonyl (C=O) groups excluding carboxylic acids is 1. The van der Waals surface area contributed by atoms with E-state index in [9.17, 15) is 19.6 Å². The van der Waals surface area contributed by atoms with E-state index in [2.05, 4.69) is 22.7 Å². The quantitative estimate of drug-likeness (QED) is 0.450. The predicted molar refractivity (Wildman–Crippen MR) is 121 cm³/mol. The monoisotopic (exact) mass is 444 g/mol. The predicted octanol–water partition coefficient (Wildman–Crippen LogP) is 4.39. The van der Waals surface area contributed by atoms with Crippen molar-refractivity contribution in [2.45, 2.75) is 50.0 Å². The molecule has 0 radical (unpaired) electrons. The first kappa shape index (κ1) is 22.6. The lowest BCUT2D eigenvalue weighted by atomic mass is 9.67. The van der Waals surface area contributed by atoms with Crippen LogP contribution in [0.15, 0.2) is 61.4 Å². The molecule has 0 bridgehead atoms. The summed E-state index contributed by atoms with van der Waals surface area (Å²) in [5, 5.41) is 24.6. The van der Waals surface area contributed by atoms with E-state index in [1.54, 1.807) is 42.1 Å². The molecule has 0 atom stereocenters. The molecular formula is C26H25FN4O2. The van der Waals surface area contributed by atoms with Crippen LogP contribution in [0.5, 0.6) is 0 Å². The van der Waals surface area contributed by atoms with Crippen LogP contribution in [0.2, 0.25) is 0 Å². The summed E-state index contributed by atoms with van der Waals surface area (Å²) in [4.78, 5) is 17.4. The highest BCUT2D eigenvalue weighted by Crippen LogP contribution is 2.42. The lowest BCUT2D eigenvalue weighted by Crippen LogP contribution is -2.39. The number of Topliss-reactive ketones (excluding diaryl/α,β-unsaturated/α-hetero) is 1. The Morgan fingerprint density at radius 2 is 1.91 bits per heavy atom. The molecule has 2 aromatic heterocycles. The highest BCUT2D eigenvalue weighted by Gasteiger charge is 2.42. The minimum Gasteiger partial charge on any atom is -0.386 e. The van der Waals surface area contributed by atoms with Crippen molar-refractivity contribution < 1.29 is 14.3 Å². The largest absolute Gasteiger partial charge is 0.386 e. The molecule has 2 heterocycles. The van der Waals surface area contributed by atoms with Crippen LogP contribution in [-0.4, -0.2) is 31.3 Å². The number of nitrogens with zero attached hydrogens (tertiary/aromatic N) is 4. The van der Waals surface area contributed by atoms with Crippen molar-refractivity contribution in [1.29, 1.82) is 5.26 Å². The number of benzene rings is 1. The average molecular weight is 445 g/mol. The van der Waals surface area contributed by atoms with E-state index in [4.69, 9.17) is 0 Å². The molecule has 3 aromatic rings. The van der Waals surface area contributed by atoms with Crippen molar-refractivity contribution in [2.24, 2.45) is 0 Å².